The van der Waals surface area contributed by atoms with Crippen LogP contribution in [0, 0.1) is 5.82 Å². The molecule has 0 aliphatic carbocycles. The van der Waals surface area contributed by atoms with Gasteiger partial charge >= 0.3 is 6.09 Å². The average Bonchev–Trinajstić information content (AvgIpc) is 2.48. The Morgan fingerprint density at radius 3 is 2.54 bits per heavy atom. The topological polar surface area (TPSA) is 73.6 Å². The van der Waals surface area contributed by atoms with E-state index in [1.165, 1.54) is 18.2 Å². The third-order valence-electron chi connectivity index (χ3n) is 2.94. The van der Waals surface area contributed by atoms with Gasteiger partial charge in [-0.15, -0.1) is 0 Å². The van der Waals surface area contributed by atoms with Crippen LogP contribution in [-0.2, 0) is 11.3 Å². The third kappa shape index (κ3) is 5.46. The molecule has 0 aliphatic rings. The lowest BCUT2D eigenvalue weighted by molar-refractivity contribution is 0.0523. The van der Waals surface area contributed by atoms with Gasteiger partial charge < -0.3 is 20.5 Å². The van der Waals surface area contributed by atoms with Crippen molar-refractivity contribution in [1.82, 2.24) is 5.32 Å². The Balaban J connectivity index is 1.98. The summed E-state index contributed by atoms with van der Waals surface area (Å²) >= 11 is 0. The molecule has 5 nitrogen and oxygen atoms in total. The number of hydrogen-bond donors (Lipinski definition) is 2. The summed E-state index contributed by atoms with van der Waals surface area (Å²) in [6, 6.07) is 11.3. The molecule has 2 aromatic carbocycles. The number of nitrogens with one attached hydrogen (secondary N) is 1. The molecule has 0 bridgehead atoms. The number of anilines is 1. The highest BCUT2D eigenvalue weighted by molar-refractivity contribution is 5.67. The van der Waals surface area contributed by atoms with Crippen LogP contribution in [0.25, 0.3) is 0 Å². The number of nitrogen functional groups attached to an aromatic ring is 1. The van der Waals surface area contributed by atoms with Gasteiger partial charge in [-0.05, 0) is 50.6 Å². The minimum Gasteiger partial charge on any atom is -0.457 e. The van der Waals surface area contributed by atoms with Crippen LogP contribution in [-0.4, -0.2) is 11.7 Å². The van der Waals surface area contributed by atoms with E-state index in [1.54, 1.807) is 39.0 Å². The number of hydrogen-bond acceptors (Lipinski definition) is 4. The van der Waals surface area contributed by atoms with E-state index in [2.05, 4.69) is 5.32 Å². The smallest absolute Gasteiger partial charge is 0.407 e. The second-order valence-electron chi connectivity index (χ2n) is 6.29. The van der Waals surface area contributed by atoms with Crippen LogP contribution in [0.3, 0.4) is 0 Å². The predicted octanol–water partition coefficient (Wildman–Crippen LogP) is 4.22. The van der Waals surface area contributed by atoms with Gasteiger partial charge in [-0.1, -0.05) is 12.1 Å². The van der Waals surface area contributed by atoms with Gasteiger partial charge in [0.1, 0.15) is 22.9 Å². The molecular formula is C18H21FN2O3. The fourth-order valence-corrected chi connectivity index (χ4v) is 1.93. The van der Waals surface area contributed by atoms with E-state index >= 15 is 0 Å². The molecule has 0 unspecified atom stereocenters. The molecule has 1 amide bonds. The molecule has 128 valence electrons. The Bertz CT molecular complexity index is 726. The van der Waals surface area contributed by atoms with Crippen molar-refractivity contribution < 1.29 is 18.7 Å². The molecule has 2 rings (SSSR count). The van der Waals surface area contributed by atoms with Crippen molar-refractivity contribution in [3.05, 3.63) is 53.8 Å². The molecule has 0 aromatic heterocycles. The van der Waals surface area contributed by atoms with Gasteiger partial charge in [0.2, 0.25) is 0 Å². The van der Waals surface area contributed by atoms with Crippen molar-refractivity contribution in [2.45, 2.75) is 32.9 Å². The summed E-state index contributed by atoms with van der Waals surface area (Å²) in [7, 11) is 0. The van der Waals surface area contributed by atoms with Gasteiger partial charge in [-0.25, -0.2) is 9.18 Å². The number of carbonyl (C=O) groups excluding carboxylic acids is 1. The number of ether oxygens (including phenoxy) is 2. The van der Waals surface area contributed by atoms with Gasteiger partial charge in [-0.3, -0.25) is 0 Å². The van der Waals surface area contributed by atoms with E-state index in [-0.39, 0.29) is 5.69 Å². The van der Waals surface area contributed by atoms with Crippen molar-refractivity contribution in [2.24, 2.45) is 0 Å². The quantitative estimate of drug-likeness (QED) is 0.822. The van der Waals surface area contributed by atoms with E-state index in [0.29, 0.717) is 18.0 Å². The summed E-state index contributed by atoms with van der Waals surface area (Å²) in [5, 5.41) is 2.68. The lowest BCUT2D eigenvalue weighted by Crippen LogP contribution is -2.32. The highest BCUT2D eigenvalue weighted by atomic mass is 19.1. The Morgan fingerprint density at radius 1 is 1.17 bits per heavy atom. The zero-order valence-electron chi connectivity index (χ0n) is 13.9. The molecule has 0 saturated carbocycles. The van der Waals surface area contributed by atoms with Gasteiger partial charge in [-0.2, -0.15) is 0 Å². The van der Waals surface area contributed by atoms with E-state index in [1.807, 2.05) is 6.07 Å². The van der Waals surface area contributed by atoms with Crippen LogP contribution >= 0.6 is 0 Å². The monoisotopic (exact) mass is 332 g/mol. The van der Waals surface area contributed by atoms with Crippen molar-refractivity contribution in [3.63, 3.8) is 0 Å². The first-order valence-electron chi connectivity index (χ1n) is 7.51. The molecule has 0 atom stereocenters. The Hall–Kier alpha value is -2.76. The molecule has 3 N–H and O–H groups in total. The van der Waals surface area contributed by atoms with Crippen LogP contribution in [0.15, 0.2) is 42.5 Å². The molecule has 24 heavy (non-hydrogen) atoms. The number of halogens is 1. The second kappa shape index (κ2) is 7.21. The molecule has 6 heteroatoms. The van der Waals surface area contributed by atoms with E-state index in [9.17, 15) is 9.18 Å². The van der Waals surface area contributed by atoms with Crippen molar-refractivity contribution in [1.29, 1.82) is 0 Å². The molecule has 0 saturated heterocycles. The third-order valence-corrected chi connectivity index (χ3v) is 2.94. The van der Waals surface area contributed by atoms with Gasteiger partial charge in [0.05, 0.1) is 5.69 Å². The highest BCUT2D eigenvalue weighted by Crippen LogP contribution is 2.25. The van der Waals surface area contributed by atoms with Crippen molar-refractivity contribution in [2.75, 3.05) is 5.73 Å². The minimum atomic E-state index is -0.544. The van der Waals surface area contributed by atoms with E-state index < -0.39 is 17.5 Å². The molecule has 2 aromatic rings. The number of amides is 1. The Morgan fingerprint density at radius 2 is 1.88 bits per heavy atom. The zero-order chi connectivity index (χ0) is 17.7. The number of rotatable bonds is 4. The van der Waals surface area contributed by atoms with Gasteiger partial charge in [0.15, 0.2) is 0 Å². The number of alkyl carbamates (subject to hydrolysis) is 1. The summed E-state index contributed by atoms with van der Waals surface area (Å²) in [6.45, 7) is 5.71. The number of nitrogens with two attached hydrogens (primary N) is 1. The standard InChI is InChI=1S/C18H21FN2O3/c1-18(2,3)24-17(22)21-11-12-5-4-6-13(9-12)23-14-7-8-15(19)16(20)10-14/h4-10H,11,20H2,1-3H3,(H,21,22). The fourth-order valence-electron chi connectivity index (χ4n) is 1.93. The first-order chi connectivity index (χ1) is 11.2. The van der Waals surface area contributed by atoms with Crippen molar-refractivity contribution >= 4 is 11.8 Å². The van der Waals surface area contributed by atoms with Crippen LogP contribution < -0.4 is 15.8 Å². The van der Waals surface area contributed by atoms with E-state index in [4.69, 9.17) is 15.2 Å². The molecule has 0 radical (unpaired) electrons. The second-order valence-corrected chi connectivity index (χ2v) is 6.29. The first kappa shape index (κ1) is 17.6. The van der Waals surface area contributed by atoms with Crippen LogP contribution in [0.2, 0.25) is 0 Å². The van der Waals surface area contributed by atoms with Crippen LogP contribution in [0.4, 0.5) is 14.9 Å². The van der Waals surface area contributed by atoms with Gasteiger partial charge in [0.25, 0.3) is 0 Å². The minimum absolute atomic E-state index is 0.0234. The molecular weight excluding hydrogens is 311 g/mol. The lowest BCUT2D eigenvalue weighted by atomic mass is 10.2. The Labute approximate surface area is 140 Å². The van der Waals surface area contributed by atoms with E-state index in [0.717, 1.165) is 5.56 Å². The maximum Gasteiger partial charge on any atom is 0.407 e. The predicted molar refractivity (Wildman–Crippen MR) is 90.4 cm³/mol. The Kier molecular flexibility index (Phi) is 5.28. The summed E-state index contributed by atoms with van der Waals surface area (Å²) in [6.07, 6.45) is -0.486. The lowest BCUT2D eigenvalue weighted by Gasteiger charge is -2.19. The molecule has 0 fully saturated rings. The van der Waals surface area contributed by atoms with Crippen molar-refractivity contribution in [3.8, 4) is 11.5 Å². The summed E-state index contributed by atoms with van der Waals surface area (Å²) in [5.41, 5.74) is 5.84. The molecule has 0 heterocycles. The summed E-state index contributed by atoms with van der Waals surface area (Å²) in [4.78, 5) is 11.7. The average molecular weight is 332 g/mol. The number of carbonyl (C=O) groups is 1. The number of benzene rings is 2. The molecule has 0 spiro atoms. The normalized spacial score (nSPS) is 11.0. The molecule has 0 aliphatic heterocycles. The highest BCUT2D eigenvalue weighted by Gasteiger charge is 2.15. The summed E-state index contributed by atoms with van der Waals surface area (Å²) in [5.74, 6) is 0.508. The summed E-state index contributed by atoms with van der Waals surface area (Å²) < 4.78 is 24.0. The largest absolute Gasteiger partial charge is 0.457 e. The van der Waals surface area contributed by atoms with Gasteiger partial charge in [0, 0.05) is 12.6 Å². The SMILES string of the molecule is CC(C)(C)OC(=O)NCc1cccc(Oc2ccc(F)c(N)c2)c1. The first-order valence-corrected chi connectivity index (χ1v) is 7.51. The van der Waals surface area contributed by atoms with Crippen LogP contribution in [0.1, 0.15) is 26.3 Å². The van der Waals surface area contributed by atoms with Crippen LogP contribution in [0.5, 0.6) is 11.5 Å². The maximum absolute atomic E-state index is 13.2. The zero-order valence-corrected chi connectivity index (χ0v) is 13.9. The maximum atomic E-state index is 13.2. The fraction of sp³-hybridized carbons (Fsp3) is 0.278.